The van der Waals surface area contributed by atoms with E-state index >= 15 is 0 Å². The van der Waals surface area contributed by atoms with Gasteiger partial charge < -0.3 is 0 Å². The molecule has 1 aliphatic carbocycles. The van der Waals surface area contributed by atoms with Gasteiger partial charge in [-0.2, -0.15) is 0 Å². The number of rotatable bonds is 5. The number of alkyl halides is 1. The zero-order valence-corrected chi connectivity index (χ0v) is 13.5. The number of halogens is 1. The smallest absolute Gasteiger partial charge is 0.0376 e. The molecule has 0 amide bonds. The molecule has 0 N–H and O–H groups in total. The van der Waals surface area contributed by atoms with Crippen molar-refractivity contribution in [1.82, 2.24) is 0 Å². The summed E-state index contributed by atoms with van der Waals surface area (Å²) in [5.74, 6) is 0.941. The molecule has 0 aliphatic heterocycles. The first-order chi connectivity index (χ1) is 10.3. The standard InChI is InChI=1S/C20H25Cl/c21-20(13-11-16-6-2-1-3-7-16)15-17-10-12-18-8-4-5-9-19(18)14-17/h4-5,8-10,12,14,16,20H,1-3,6-7,11,13,15H2. The van der Waals surface area contributed by atoms with E-state index in [0.717, 1.165) is 12.3 Å². The van der Waals surface area contributed by atoms with Crippen LogP contribution in [0.5, 0.6) is 0 Å². The molecule has 0 saturated heterocycles. The monoisotopic (exact) mass is 300 g/mol. The van der Waals surface area contributed by atoms with E-state index in [9.17, 15) is 0 Å². The molecule has 0 heterocycles. The van der Waals surface area contributed by atoms with Gasteiger partial charge in [0.1, 0.15) is 0 Å². The topological polar surface area (TPSA) is 0 Å². The van der Waals surface area contributed by atoms with Gasteiger partial charge in [-0.15, -0.1) is 11.6 Å². The molecule has 2 aromatic rings. The van der Waals surface area contributed by atoms with Crippen LogP contribution in [0.1, 0.15) is 50.5 Å². The lowest BCUT2D eigenvalue weighted by Gasteiger charge is -2.22. The summed E-state index contributed by atoms with van der Waals surface area (Å²) in [6, 6.07) is 15.3. The van der Waals surface area contributed by atoms with Gasteiger partial charge in [-0.3, -0.25) is 0 Å². The number of hydrogen-bond acceptors (Lipinski definition) is 0. The van der Waals surface area contributed by atoms with Crippen LogP contribution in [0, 0.1) is 5.92 Å². The van der Waals surface area contributed by atoms with Crippen LogP contribution in [0.15, 0.2) is 42.5 Å². The van der Waals surface area contributed by atoms with Gasteiger partial charge in [-0.25, -0.2) is 0 Å². The highest BCUT2D eigenvalue weighted by atomic mass is 35.5. The van der Waals surface area contributed by atoms with E-state index in [2.05, 4.69) is 42.5 Å². The molecule has 1 aliphatic rings. The maximum atomic E-state index is 6.59. The predicted octanol–water partition coefficient (Wildman–Crippen LogP) is 6.35. The zero-order chi connectivity index (χ0) is 14.5. The summed E-state index contributed by atoms with van der Waals surface area (Å²) < 4.78 is 0. The molecule has 0 spiro atoms. The van der Waals surface area contributed by atoms with Gasteiger partial charge in [0.15, 0.2) is 0 Å². The van der Waals surface area contributed by atoms with Crippen LogP contribution >= 0.6 is 11.6 Å². The van der Waals surface area contributed by atoms with Crippen molar-refractivity contribution in [3.05, 3.63) is 48.0 Å². The Kier molecular flexibility index (Phi) is 5.19. The van der Waals surface area contributed by atoms with Gasteiger partial charge in [0.2, 0.25) is 0 Å². The summed E-state index contributed by atoms with van der Waals surface area (Å²) in [7, 11) is 0. The van der Waals surface area contributed by atoms with Crippen LogP contribution in [0.25, 0.3) is 10.8 Å². The SMILES string of the molecule is ClC(CCC1CCCCC1)Cc1ccc2ccccc2c1. The van der Waals surface area contributed by atoms with Gasteiger partial charge >= 0.3 is 0 Å². The number of hydrogen-bond donors (Lipinski definition) is 0. The second-order valence-corrected chi connectivity index (χ2v) is 7.18. The highest BCUT2D eigenvalue weighted by Crippen LogP contribution is 2.29. The summed E-state index contributed by atoms with van der Waals surface area (Å²) in [5, 5.41) is 2.92. The third-order valence-corrected chi connectivity index (χ3v) is 5.26. The van der Waals surface area contributed by atoms with Gasteiger partial charge in [0.05, 0.1) is 0 Å². The molecule has 0 nitrogen and oxygen atoms in total. The lowest BCUT2D eigenvalue weighted by molar-refractivity contribution is 0.330. The molecule has 21 heavy (non-hydrogen) atoms. The minimum atomic E-state index is 0.285. The van der Waals surface area contributed by atoms with Gasteiger partial charge in [0.25, 0.3) is 0 Å². The summed E-state index contributed by atoms with van der Waals surface area (Å²) in [4.78, 5) is 0. The van der Waals surface area contributed by atoms with Gasteiger partial charge in [-0.1, -0.05) is 74.6 Å². The van der Waals surface area contributed by atoms with E-state index in [0.29, 0.717) is 0 Å². The van der Waals surface area contributed by atoms with Crippen LogP contribution in [0.2, 0.25) is 0 Å². The Labute approximate surface area is 133 Å². The molecular weight excluding hydrogens is 276 g/mol. The minimum Gasteiger partial charge on any atom is -0.123 e. The third-order valence-electron chi connectivity index (χ3n) is 4.88. The van der Waals surface area contributed by atoms with Crippen LogP contribution in [-0.2, 0) is 6.42 Å². The summed E-state index contributed by atoms with van der Waals surface area (Å²) >= 11 is 6.59. The zero-order valence-electron chi connectivity index (χ0n) is 12.7. The van der Waals surface area contributed by atoms with Gasteiger partial charge in [0, 0.05) is 5.38 Å². The Hall–Kier alpha value is -1.01. The largest absolute Gasteiger partial charge is 0.123 e. The summed E-state index contributed by atoms with van der Waals surface area (Å²) in [5.41, 5.74) is 1.37. The molecule has 1 saturated carbocycles. The molecule has 1 fully saturated rings. The van der Waals surface area contributed by atoms with Crippen molar-refractivity contribution < 1.29 is 0 Å². The van der Waals surface area contributed by atoms with Crippen LogP contribution in [0.3, 0.4) is 0 Å². The molecule has 1 atom stereocenters. The second kappa shape index (κ2) is 7.31. The van der Waals surface area contributed by atoms with E-state index < -0.39 is 0 Å². The highest BCUT2D eigenvalue weighted by Gasteiger charge is 2.15. The van der Waals surface area contributed by atoms with Crippen LogP contribution < -0.4 is 0 Å². The van der Waals surface area contributed by atoms with Crippen LogP contribution in [-0.4, -0.2) is 5.38 Å². The molecule has 3 rings (SSSR count). The fraction of sp³-hybridized carbons (Fsp3) is 0.500. The molecule has 1 heteroatoms. The molecule has 0 bridgehead atoms. The third kappa shape index (κ3) is 4.23. The Balaban J connectivity index is 1.54. The van der Waals surface area contributed by atoms with Crippen molar-refractivity contribution in [2.24, 2.45) is 5.92 Å². The van der Waals surface area contributed by atoms with Gasteiger partial charge in [-0.05, 0) is 41.5 Å². The van der Waals surface area contributed by atoms with Crippen molar-refractivity contribution >= 4 is 22.4 Å². The summed E-state index contributed by atoms with van der Waals surface area (Å²) in [6.07, 6.45) is 10.7. The first kappa shape index (κ1) is 14.9. The molecule has 112 valence electrons. The normalized spacial score (nSPS) is 18.0. The molecule has 0 aromatic heterocycles. The Bertz CT molecular complexity index is 569. The molecular formula is C20H25Cl. The average molecular weight is 301 g/mol. The fourth-order valence-electron chi connectivity index (χ4n) is 3.62. The number of fused-ring (bicyclic) bond motifs is 1. The van der Waals surface area contributed by atoms with Crippen molar-refractivity contribution in [3.8, 4) is 0 Å². The van der Waals surface area contributed by atoms with E-state index in [1.807, 2.05) is 0 Å². The van der Waals surface area contributed by atoms with E-state index in [1.54, 1.807) is 0 Å². The van der Waals surface area contributed by atoms with E-state index in [4.69, 9.17) is 11.6 Å². The maximum Gasteiger partial charge on any atom is 0.0376 e. The van der Waals surface area contributed by atoms with Crippen molar-refractivity contribution in [2.75, 3.05) is 0 Å². The molecule has 0 radical (unpaired) electrons. The van der Waals surface area contributed by atoms with Crippen molar-refractivity contribution in [3.63, 3.8) is 0 Å². The fourth-order valence-corrected chi connectivity index (χ4v) is 3.92. The first-order valence-corrected chi connectivity index (χ1v) is 8.86. The minimum absolute atomic E-state index is 0.285. The highest BCUT2D eigenvalue weighted by molar-refractivity contribution is 6.20. The Morgan fingerprint density at radius 1 is 0.952 bits per heavy atom. The average Bonchev–Trinajstić information content (AvgIpc) is 2.54. The van der Waals surface area contributed by atoms with Crippen LogP contribution in [0.4, 0.5) is 0 Å². The van der Waals surface area contributed by atoms with Crippen molar-refractivity contribution in [1.29, 1.82) is 0 Å². The molecule has 1 unspecified atom stereocenters. The lowest BCUT2D eigenvalue weighted by atomic mass is 9.85. The first-order valence-electron chi connectivity index (χ1n) is 8.43. The lowest BCUT2D eigenvalue weighted by Crippen LogP contribution is -2.10. The summed E-state index contributed by atoms with van der Waals surface area (Å²) in [6.45, 7) is 0. The number of benzene rings is 2. The Morgan fingerprint density at radius 2 is 1.71 bits per heavy atom. The predicted molar refractivity (Wildman–Crippen MR) is 93.1 cm³/mol. The maximum absolute atomic E-state index is 6.59. The van der Waals surface area contributed by atoms with E-state index in [1.165, 1.54) is 61.3 Å². The Morgan fingerprint density at radius 3 is 2.52 bits per heavy atom. The van der Waals surface area contributed by atoms with Crippen molar-refractivity contribution in [2.45, 2.75) is 56.7 Å². The van der Waals surface area contributed by atoms with E-state index in [-0.39, 0.29) is 5.38 Å². The second-order valence-electron chi connectivity index (χ2n) is 6.56. The quantitative estimate of drug-likeness (QED) is 0.564. The molecule has 2 aromatic carbocycles.